The van der Waals surface area contributed by atoms with Crippen molar-refractivity contribution in [3.05, 3.63) is 42.0 Å². The summed E-state index contributed by atoms with van der Waals surface area (Å²) < 4.78 is 2.01. The van der Waals surface area contributed by atoms with Gasteiger partial charge in [-0.1, -0.05) is 12.8 Å². The molecule has 2 aromatic rings. The monoisotopic (exact) mass is 270 g/mol. The first-order valence-corrected chi connectivity index (χ1v) is 7.01. The summed E-state index contributed by atoms with van der Waals surface area (Å²) in [6.07, 6.45) is 8.70. The molecule has 2 N–H and O–H groups in total. The average molecular weight is 270 g/mol. The number of carbonyl (C=O) groups is 1. The van der Waals surface area contributed by atoms with Gasteiger partial charge in [0, 0.05) is 6.20 Å². The van der Waals surface area contributed by atoms with Crippen molar-refractivity contribution >= 4 is 11.5 Å². The predicted octanol–water partition coefficient (Wildman–Crippen LogP) is 2.40. The molecular formula is C15H18N4O. The fourth-order valence-electron chi connectivity index (χ4n) is 2.67. The van der Waals surface area contributed by atoms with Crippen LogP contribution < -0.4 is 5.73 Å². The minimum atomic E-state index is -0.0262. The maximum Gasteiger partial charge on any atom is 0.187 e. The Hall–Kier alpha value is -2.17. The van der Waals surface area contributed by atoms with Crippen molar-refractivity contribution in [3.8, 4) is 0 Å². The lowest BCUT2D eigenvalue weighted by atomic mass is 10.1. The van der Waals surface area contributed by atoms with Crippen LogP contribution in [0, 0.1) is 0 Å². The van der Waals surface area contributed by atoms with Crippen molar-refractivity contribution < 1.29 is 4.79 Å². The number of nitrogens with two attached hydrogens (primary N) is 1. The van der Waals surface area contributed by atoms with Crippen LogP contribution in [-0.4, -0.2) is 20.5 Å². The summed E-state index contributed by atoms with van der Waals surface area (Å²) in [5.41, 5.74) is 7.37. The Labute approximate surface area is 117 Å². The first-order chi connectivity index (χ1) is 9.72. The molecule has 0 radical (unpaired) electrons. The summed E-state index contributed by atoms with van der Waals surface area (Å²) in [5.74, 6) is -0.0262. The lowest BCUT2D eigenvalue weighted by Gasteiger charge is -2.08. The Morgan fingerprint density at radius 1 is 1.30 bits per heavy atom. The number of pyridine rings is 1. The van der Waals surface area contributed by atoms with Gasteiger partial charge in [0.05, 0.1) is 30.0 Å². The van der Waals surface area contributed by atoms with Gasteiger partial charge in [0.2, 0.25) is 0 Å². The maximum atomic E-state index is 12.1. The summed E-state index contributed by atoms with van der Waals surface area (Å²) in [6.45, 7) is 0. The SMILES string of the molecule is Nc1ccc(C(=O)Cc2ccn(C3CCCC3)n2)nc1. The van der Waals surface area contributed by atoms with Crippen LogP contribution in [0.5, 0.6) is 0 Å². The molecule has 0 unspecified atom stereocenters. The third-order valence-corrected chi connectivity index (χ3v) is 3.78. The standard InChI is InChI=1S/C15H18N4O/c16-11-5-6-14(17-10-11)15(20)9-12-7-8-19(18-12)13-3-1-2-4-13/h5-8,10,13H,1-4,9,16H2. The first kappa shape index (κ1) is 12.8. The number of carbonyl (C=O) groups excluding carboxylic acids is 1. The number of hydrogen-bond donors (Lipinski definition) is 1. The van der Waals surface area contributed by atoms with Crippen molar-refractivity contribution in [2.45, 2.75) is 38.1 Å². The average Bonchev–Trinajstić information content (AvgIpc) is 3.09. The maximum absolute atomic E-state index is 12.1. The smallest absolute Gasteiger partial charge is 0.187 e. The molecule has 3 rings (SSSR count). The van der Waals surface area contributed by atoms with Crippen molar-refractivity contribution in [1.29, 1.82) is 0 Å². The van der Waals surface area contributed by atoms with Crippen LogP contribution >= 0.6 is 0 Å². The lowest BCUT2D eigenvalue weighted by Crippen LogP contribution is -2.09. The van der Waals surface area contributed by atoms with E-state index >= 15 is 0 Å². The van der Waals surface area contributed by atoms with E-state index in [-0.39, 0.29) is 12.2 Å². The molecule has 0 amide bonds. The van der Waals surface area contributed by atoms with Crippen molar-refractivity contribution in [3.63, 3.8) is 0 Å². The molecule has 1 fully saturated rings. The van der Waals surface area contributed by atoms with E-state index in [0.29, 0.717) is 17.4 Å². The minimum absolute atomic E-state index is 0.0262. The normalized spacial score (nSPS) is 15.6. The molecule has 5 heteroatoms. The quantitative estimate of drug-likeness (QED) is 0.866. The predicted molar refractivity (Wildman–Crippen MR) is 76.4 cm³/mol. The second kappa shape index (κ2) is 5.45. The molecule has 104 valence electrons. The van der Waals surface area contributed by atoms with E-state index in [9.17, 15) is 4.79 Å². The van der Waals surface area contributed by atoms with Crippen molar-refractivity contribution in [2.24, 2.45) is 0 Å². The van der Waals surface area contributed by atoms with Gasteiger partial charge >= 0.3 is 0 Å². The van der Waals surface area contributed by atoms with E-state index in [2.05, 4.69) is 10.1 Å². The molecule has 0 saturated heterocycles. The van der Waals surface area contributed by atoms with E-state index in [1.807, 2.05) is 16.9 Å². The number of rotatable bonds is 4. The fourth-order valence-corrected chi connectivity index (χ4v) is 2.67. The summed E-state index contributed by atoms with van der Waals surface area (Å²) in [4.78, 5) is 16.2. The van der Waals surface area contributed by atoms with Gasteiger partial charge in [-0.2, -0.15) is 5.10 Å². The van der Waals surface area contributed by atoms with Crippen LogP contribution in [0.4, 0.5) is 5.69 Å². The summed E-state index contributed by atoms with van der Waals surface area (Å²) in [7, 11) is 0. The molecule has 2 aromatic heterocycles. The molecule has 2 heterocycles. The number of nitrogens with zero attached hydrogens (tertiary/aromatic N) is 3. The number of anilines is 1. The van der Waals surface area contributed by atoms with Gasteiger partial charge in [0.25, 0.3) is 0 Å². The van der Waals surface area contributed by atoms with Crippen LogP contribution in [0.1, 0.15) is 47.9 Å². The molecule has 0 aromatic carbocycles. The molecule has 1 aliphatic rings. The number of aromatic nitrogens is 3. The highest BCUT2D eigenvalue weighted by molar-refractivity contribution is 5.95. The van der Waals surface area contributed by atoms with Gasteiger partial charge in [0.1, 0.15) is 5.69 Å². The third kappa shape index (κ3) is 2.71. The van der Waals surface area contributed by atoms with Crippen LogP contribution in [0.2, 0.25) is 0 Å². The zero-order chi connectivity index (χ0) is 13.9. The largest absolute Gasteiger partial charge is 0.397 e. The minimum Gasteiger partial charge on any atom is -0.397 e. The first-order valence-electron chi connectivity index (χ1n) is 7.01. The van der Waals surface area contributed by atoms with Gasteiger partial charge in [-0.25, -0.2) is 0 Å². The van der Waals surface area contributed by atoms with E-state index in [1.54, 1.807) is 12.1 Å². The molecule has 1 saturated carbocycles. The second-order valence-corrected chi connectivity index (χ2v) is 5.30. The Kier molecular flexibility index (Phi) is 3.50. The zero-order valence-corrected chi connectivity index (χ0v) is 11.3. The molecule has 0 atom stereocenters. The Bertz CT molecular complexity index is 597. The molecule has 1 aliphatic carbocycles. The van der Waals surface area contributed by atoms with Crippen LogP contribution in [-0.2, 0) is 6.42 Å². The Balaban J connectivity index is 1.68. The number of ketones is 1. The van der Waals surface area contributed by atoms with Gasteiger partial charge in [-0.3, -0.25) is 14.5 Å². The van der Waals surface area contributed by atoms with Gasteiger partial charge in [0.15, 0.2) is 5.78 Å². The van der Waals surface area contributed by atoms with Gasteiger partial charge in [-0.05, 0) is 31.0 Å². The lowest BCUT2D eigenvalue weighted by molar-refractivity contribution is 0.0987. The van der Waals surface area contributed by atoms with Crippen LogP contribution in [0.15, 0.2) is 30.6 Å². The summed E-state index contributed by atoms with van der Waals surface area (Å²) in [6, 6.07) is 5.78. The van der Waals surface area contributed by atoms with Gasteiger partial charge in [-0.15, -0.1) is 0 Å². The topological polar surface area (TPSA) is 73.8 Å². The molecule has 0 aliphatic heterocycles. The van der Waals surface area contributed by atoms with Gasteiger partial charge < -0.3 is 5.73 Å². The molecule has 5 nitrogen and oxygen atoms in total. The van der Waals surface area contributed by atoms with Crippen molar-refractivity contribution in [1.82, 2.24) is 14.8 Å². The van der Waals surface area contributed by atoms with Crippen molar-refractivity contribution in [2.75, 3.05) is 5.73 Å². The Morgan fingerprint density at radius 3 is 2.80 bits per heavy atom. The Morgan fingerprint density at radius 2 is 2.10 bits per heavy atom. The number of nitrogen functional groups attached to an aromatic ring is 1. The van der Waals surface area contributed by atoms with E-state index in [4.69, 9.17) is 5.73 Å². The molecule has 0 spiro atoms. The van der Waals surface area contributed by atoms with Crippen LogP contribution in [0.25, 0.3) is 0 Å². The van der Waals surface area contributed by atoms with E-state index in [0.717, 1.165) is 5.69 Å². The number of hydrogen-bond acceptors (Lipinski definition) is 4. The number of Topliss-reactive ketones (excluding diaryl/α,β-unsaturated/α-hetero) is 1. The third-order valence-electron chi connectivity index (χ3n) is 3.78. The van der Waals surface area contributed by atoms with E-state index < -0.39 is 0 Å². The highest BCUT2D eigenvalue weighted by Gasteiger charge is 2.18. The fraction of sp³-hybridized carbons (Fsp3) is 0.400. The molecule has 20 heavy (non-hydrogen) atoms. The molecule has 0 bridgehead atoms. The van der Waals surface area contributed by atoms with Crippen LogP contribution in [0.3, 0.4) is 0 Å². The summed E-state index contributed by atoms with van der Waals surface area (Å²) in [5, 5.41) is 4.52. The highest BCUT2D eigenvalue weighted by atomic mass is 16.1. The zero-order valence-electron chi connectivity index (χ0n) is 11.3. The molecular weight excluding hydrogens is 252 g/mol. The highest BCUT2D eigenvalue weighted by Crippen LogP contribution is 2.28. The summed E-state index contributed by atoms with van der Waals surface area (Å²) >= 11 is 0. The van der Waals surface area contributed by atoms with E-state index in [1.165, 1.54) is 31.9 Å². The second-order valence-electron chi connectivity index (χ2n) is 5.30.